The van der Waals surface area contributed by atoms with Crippen LogP contribution in [0.1, 0.15) is 47.8 Å². The summed E-state index contributed by atoms with van der Waals surface area (Å²) in [7, 11) is 1.78. The van der Waals surface area contributed by atoms with Crippen LogP contribution in [0.25, 0.3) is 0 Å². The highest BCUT2D eigenvalue weighted by atomic mass is 35.5. The number of amides is 1. The first-order valence-electron chi connectivity index (χ1n) is 11.2. The number of fused-ring (bicyclic) bond motifs is 1. The van der Waals surface area contributed by atoms with Crippen LogP contribution in [0.15, 0.2) is 43.0 Å². The standard InChI is InChI=1S/C24H25ClFN5O3/c1-31-13-29-20(21(31)22(32)30-17-3-4-19(26)18(25)9-17)14-7-15-10-24(33,11-16(15)8-14)12-34-23-27-5-2-6-28-23/h2-6,9,13-16,33H,7-8,10-12H2,1H3,(H,30,32). The molecule has 2 aliphatic carbocycles. The fraction of sp³-hybridized carbons (Fsp3) is 0.417. The van der Waals surface area contributed by atoms with Gasteiger partial charge in [-0.3, -0.25) is 4.79 Å². The number of anilines is 1. The van der Waals surface area contributed by atoms with Crippen molar-refractivity contribution in [2.24, 2.45) is 18.9 Å². The van der Waals surface area contributed by atoms with Crippen molar-refractivity contribution in [3.63, 3.8) is 0 Å². The van der Waals surface area contributed by atoms with Gasteiger partial charge in [0.05, 0.1) is 22.6 Å². The van der Waals surface area contributed by atoms with Gasteiger partial charge in [0.2, 0.25) is 0 Å². The van der Waals surface area contributed by atoms with E-state index in [0.717, 1.165) is 18.5 Å². The molecule has 1 amide bonds. The summed E-state index contributed by atoms with van der Waals surface area (Å²) in [6, 6.07) is 6.04. The molecule has 2 fully saturated rings. The van der Waals surface area contributed by atoms with Crippen molar-refractivity contribution < 1.29 is 19.0 Å². The van der Waals surface area contributed by atoms with Gasteiger partial charge in [-0.25, -0.2) is 19.3 Å². The largest absolute Gasteiger partial charge is 0.460 e. The Morgan fingerprint density at radius 1 is 1.26 bits per heavy atom. The van der Waals surface area contributed by atoms with E-state index in [-0.39, 0.29) is 29.5 Å². The molecule has 0 aliphatic heterocycles. The first-order chi connectivity index (χ1) is 16.3. The minimum atomic E-state index is -0.911. The average Bonchev–Trinajstić information content (AvgIpc) is 3.46. The summed E-state index contributed by atoms with van der Waals surface area (Å²) in [5.41, 5.74) is 0.732. The molecule has 2 saturated carbocycles. The van der Waals surface area contributed by atoms with E-state index in [1.165, 1.54) is 18.2 Å². The summed E-state index contributed by atoms with van der Waals surface area (Å²) in [6.45, 7) is 0.159. The number of halogens is 2. The third-order valence-corrected chi connectivity index (χ3v) is 7.17. The second-order valence-electron chi connectivity index (χ2n) is 9.31. The van der Waals surface area contributed by atoms with Gasteiger partial charge in [0, 0.05) is 31.0 Å². The van der Waals surface area contributed by atoms with E-state index in [2.05, 4.69) is 20.3 Å². The Hall–Kier alpha value is -3.04. The Morgan fingerprint density at radius 2 is 1.97 bits per heavy atom. The number of hydrogen-bond donors (Lipinski definition) is 2. The van der Waals surface area contributed by atoms with Crippen molar-refractivity contribution >= 4 is 23.2 Å². The summed E-state index contributed by atoms with van der Waals surface area (Å²) in [5, 5.41) is 13.8. The molecule has 2 aromatic heterocycles. The van der Waals surface area contributed by atoms with Crippen LogP contribution in [0.4, 0.5) is 10.1 Å². The summed E-state index contributed by atoms with van der Waals surface area (Å²) >= 11 is 5.84. The van der Waals surface area contributed by atoms with Crippen LogP contribution in [0.3, 0.4) is 0 Å². The van der Waals surface area contributed by atoms with Crippen LogP contribution >= 0.6 is 11.6 Å². The molecule has 10 heteroatoms. The Morgan fingerprint density at radius 3 is 2.65 bits per heavy atom. The fourth-order valence-electron chi connectivity index (χ4n) is 5.46. The van der Waals surface area contributed by atoms with Gasteiger partial charge in [0.25, 0.3) is 5.91 Å². The Labute approximate surface area is 201 Å². The summed E-state index contributed by atoms with van der Waals surface area (Å²) in [4.78, 5) is 25.7. The van der Waals surface area contributed by atoms with Crippen molar-refractivity contribution in [3.05, 3.63) is 65.2 Å². The van der Waals surface area contributed by atoms with Gasteiger partial charge >= 0.3 is 6.01 Å². The molecular formula is C24H25ClFN5O3. The summed E-state index contributed by atoms with van der Waals surface area (Å²) in [6.07, 6.45) is 7.78. The number of aromatic nitrogens is 4. The Bertz CT molecular complexity index is 1190. The molecule has 0 bridgehead atoms. The lowest BCUT2D eigenvalue weighted by atomic mass is 9.92. The molecule has 2 heterocycles. The van der Waals surface area contributed by atoms with E-state index >= 15 is 0 Å². The van der Waals surface area contributed by atoms with Gasteiger partial charge < -0.3 is 19.7 Å². The SMILES string of the molecule is Cn1cnc(C2CC3CC(O)(COc4ncccn4)CC3C2)c1C(=O)Nc1ccc(F)c(Cl)c1. The number of carbonyl (C=O) groups excluding carboxylic acids is 1. The maximum absolute atomic E-state index is 13.5. The quantitative estimate of drug-likeness (QED) is 0.547. The van der Waals surface area contributed by atoms with Crippen LogP contribution in [-0.4, -0.2) is 42.7 Å². The normalized spacial score (nSPS) is 25.8. The highest BCUT2D eigenvalue weighted by molar-refractivity contribution is 6.31. The van der Waals surface area contributed by atoms with Gasteiger partial charge in [-0.1, -0.05) is 11.6 Å². The van der Waals surface area contributed by atoms with Crippen LogP contribution in [0.5, 0.6) is 6.01 Å². The van der Waals surface area contributed by atoms with Crippen molar-refractivity contribution in [3.8, 4) is 6.01 Å². The molecule has 3 aromatic rings. The summed E-state index contributed by atoms with van der Waals surface area (Å²) in [5.74, 6) is -0.0903. The van der Waals surface area contributed by atoms with E-state index in [4.69, 9.17) is 16.3 Å². The number of rotatable bonds is 6. The van der Waals surface area contributed by atoms with Crippen LogP contribution in [0.2, 0.25) is 5.02 Å². The first kappa shape index (κ1) is 22.7. The number of ether oxygens (including phenoxy) is 1. The number of hydrogen-bond acceptors (Lipinski definition) is 6. The van der Waals surface area contributed by atoms with E-state index < -0.39 is 11.4 Å². The van der Waals surface area contributed by atoms with Gasteiger partial charge in [0.1, 0.15) is 18.1 Å². The zero-order chi connectivity index (χ0) is 23.9. The predicted octanol–water partition coefficient (Wildman–Crippen LogP) is 3.97. The monoisotopic (exact) mass is 485 g/mol. The zero-order valence-corrected chi connectivity index (χ0v) is 19.4. The third-order valence-electron chi connectivity index (χ3n) is 6.88. The number of aryl methyl sites for hydroxylation is 1. The topological polar surface area (TPSA) is 102 Å². The molecule has 0 saturated heterocycles. The smallest absolute Gasteiger partial charge is 0.316 e. The maximum atomic E-state index is 13.5. The number of carbonyl (C=O) groups is 1. The van der Waals surface area contributed by atoms with Gasteiger partial charge in [-0.15, -0.1) is 0 Å². The zero-order valence-electron chi connectivity index (χ0n) is 18.6. The fourth-order valence-corrected chi connectivity index (χ4v) is 5.64. The molecule has 2 atom stereocenters. The number of nitrogens with one attached hydrogen (secondary N) is 1. The number of aliphatic hydroxyl groups is 1. The van der Waals surface area contributed by atoms with E-state index in [0.29, 0.717) is 36.1 Å². The van der Waals surface area contributed by atoms with E-state index in [9.17, 15) is 14.3 Å². The second kappa shape index (κ2) is 8.96. The first-order valence-corrected chi connectivity index (χ1v) is 11.6. The lowest BCUT2D eigenvalue weighted by molar-refractivity contribution is -0.00894. The predicted molar refractivity (Wildman–Crippen MR) is 123 cm³/mol. The van der Waals surface area contributed by atoms with Crippen LogP contribution < -0.4 is 10.1 Å². The highest BCUT2D eigenvalue weighted by Gasteiger charge is 2.50. The van der Waals surface area contributed by atoms with Crippen molar-refractivity contribution in [2.75, 3.05) is 11.9 Å². The minimum absolute atomic E-state index is 0.0538. The number of nitrogens with zero attached hydrogens (tertiary/aromatic N) is 4. The molecule has 0 radical (unpaired) electrons. The average molecular weight is 486 g/mol. The van der Waals surface area contributed by atoms with Crippen molar-refractivity contribution in [2.45, 2.75) is 37.2 Å². The van der Waals surface area contributed by atoms with Crippen LogP contribution in [-0.2, 0) is 7.05 Å². The lowest BCUT2D eigenvalue weighted by Crippen LogP contribution is -2.34. The molecule has 2 unspecified atom stereocenters. The maximum Gasteiger partial charge on any atom is 0.316 e. The Balaban J connectivity index is 1.25. The molecule has 8 nitrogen and oxygen atoms in total. The molecule has 34 heavy (non-hydrogen) atoms. The highest BCUT2D eigenvalue weighted by Crippen LogP contribution is 2.54. The van der Waals surface area contributed by atoms with E-state index in [1.807, 2.05) is 0 Å². The lowest BCUT2D eigenvalue weighted by Gasteiger charge is -2.24. The van der Waals surface area contributed by atoms with Gasteiger partial charge in [0.15, 0.2) is 0 Å². The molecule has 2 N–H and O–H groups in total. The molecule has 1 aromatic carbocycles. The number of imidazole rings is 1. The Kier molecular flexibility index (Phi) is 5.99. The molecule has 178 valence electrons. The molecular weight excluding hydrogens is 461 g/mol. The minimum Gasteiger partial charge on any atom is -0.460 e. The van der Waals surface area contributed by atoms with E-state index in [1.54, 1.807) is 36.4 Å². The van der Waals surface area contributed by atoms with Crippen LogP contribution in [0, 0.1) is 17.7 Å². The summed E-state index contributed by atoms with van der Waals surface area (Å²) < 4.78 is 20.8. The molecule has 2 aliphatic rings. The van der Waals surface area contributed by atoms with Gasteiger partial charge in [-0.2, -0.15) is 0 Å². The molecule has 0 spiro atoms. The molecule has 5 rings (SSSR count). The number of benzene rings is 1. The second-order valence-corrected chi connectivity index (χ2v) is 9.72. The van der Waals surface area contributed by atoms with Crippen molar-refractivity contribution in [1.82, 2.24) is 19.5 Å². The third kappa shape index (κ3) is 4.50. The van der Waals surface area contributed by atoms with Crippen molar-refractivity contribution in [1.29, 1.82) is 0 Å². The van der Waals surface area contributed by atoms with Gasteiger partial charge in [-0.05, 0) is 61.8 Å².